The molecule has 1 nitrogen and oxygen atoms in total. The van der Waals surface area contributed by atoms with Gasteiger partial charge in [0.1, 0.15) is 0 Å². The third-order valence-electron chi connectivity index (χ3n) is 4.50. The summed E-state index contributed by atoms with van der Waals surface area (Å²) in [7, 11) is 0. The molecule has 0 N–H and O–H groups in total. The van der Waals surface area contributed by atoms with Crippen LogP contribution in [0.3, 0.4) is 0 Å². The van der Waals surface area contributed by atoms with Gasteiger partial charge in [-0.2, -0.15) is 5.26 Å². The number of nitrogens with zero attached hydrogens (tertiary/aromatic N) is 1. The minimum atomic E-state index is -0.0249. The van der Waals surface area contributed by atoms with Gasteiger partial charge < -0.3 is 0 Å². The molecule has 88 valence electrons. The summed E-state index contributed by atoms with van der Waals surface area (Å²) in [5, 5.41) is 9.29. The molecule has 1 fully saturated rings. The Labute approximate surface area is 103 Å². The Morgan fingerprint density at radius 3 is 2.47 bits per heavy atom. The van der Waals surface area contributed by atoms with E-state index in [2.05, 4.69) is 24.3 Å². The quantitative estimate of drug-likeness (QED) is 0.751. The Bertz CT molecular complexity index is 463. The van der Waals surface area contributed by atoms with Gasteiger partial charge in [0.05, 0.1) is 11.5 Å². The molecule has 2 aliphatic rings. The Morgan fingerprint density at radius 1 is 1.06 bits per heavy atom. The topological polar surface area (TPSA) is 23.8 Å². The molecule has 0 aromatic heterocycles. The van der Waals surface area contributed by atoms with E-state index in [0.29, 0.717) is 0 Å². The summed E-state index contributed by atoms with van der Waals surface area (Å²) < 4.78 is 0. The van der Waals surface area contributed by atoms with Crippen LogP contribution in [0.5, 0.6) is 0 Å². The average molecular weight is 225 g/mol. The fourth-order valence-electron chi connectivity index (χ4n) is 3.22. The zero-order chi connectivity index (χ0) is 11.7. The first-order valence-corrected chi connectivity index (χ1v) is 6.83. The Hall–Kier alpha value is -1.29. The Kier molecular flexibility index (Phi) is 2.67. The third-order valence-corrected chi connectivity index (χ3v) is 4.50. The van der Waals surface area contributed by atoms with E-state index < -0.39 is 0 Å². The largest absolute Gasteiger partial charge is 0.198 e. The van der Waals surface area contributed by atoms with E-state index >= 15 is 0 Å². The smallest absolute Gasteiger partial charge is 0.0693 e. The van der Waals surface area contributed by atoms with E-state index in [-0.39, 0.29) is 5.41 Å². The van der Waals surface area contributed by atoms with Crippen molar-refractivity contribution in [3.05, 3.63) is 34.9 Å². The maximum atomic E-state index is 9.29. The van der Waals surface area contributed by atoms with Gasteiger partial charge in [-0.05, 0) is 61.6 Å². The van der Waals surface area contributed by atoms with Crippen molar-refractivity contribution in [2.45, 2.75) is 51.4 Å². The molecule has 0 amide bonds. The van der Waals surface area contributed by atoms with Gasteiger partial charge in [0.25, 0.3) is 0 Å². The van der Waals surface area contributed by atoms with Crippen molar-refractivity contribution in [1.82, 2.24) is 0 Å². The number of aryl methyl sites for hydroxylation is 2. The lowest BCUT2D eigenvalue weighted by atomic mass is 9.66. The van der Waals surface area contributed by atoms with E-state index in [1.165, 1.54) is 37.7 Å². The molecule has 1 saturated carbocycles. The van der Waals surface area contributed by atoms with Crippen LogP contribution < -0.4 is 0 Å². The second kappa shape index (κ2) is 4.18. The predicted octanol–water partition coefficient (Wildman–Crippen LogP) is 3.80. The van der Waals surface area contributed by atoms with E-state index in [9.17, 15) is 5.26 Å². The summed E-state index contributed by atoms with van der Waals surface area (Å²) in [6.07, 6.45) is 9.56. The van der Waals surface area contributed by atoms with Crippen molar-refractivity contribution < 1.29 is 0 Å². The summed E-state index contributed by atoms with van der Waals surface area (Å²) in [5.41, 5.74) is 4.44. The highest BCUT2D eigenvalue weighted by Crippen LogP contribution is 2.43. The molecule has 3 rings (SSSR count). The van der Waals surface area contributed by atoms with Crippen molar-refractivity contribution in [1.29, 1.82) is 5.26 Å². The van der Waals surface area contributed by atoms with Gasteiger partial charge in [-0.3, -0.25) is 0 Å². The fourth-order valence-corrected chi connectivity index (χ4v) is 3.22. The minimum absolute atomic E-state index is 0.0249. The van der Waals surface area contributed by atoms with Crippen LogP contribution in [0.25, 0.3) is 0 Å². The molecule has 0 bridgehead atoms. The summed E-state index contributed by atoms with van der Waals surface area (Å²) in [6, 6.07) is 9.46. The second-order valence-corrected chi connectivity index (χ2v) is 5.73. The number of hydrogen-bond donors (Lipinski definition) is 0. The highest BCUT2D eigenvalue weighted by atomic mass is 14.4. The van der Waals surface area contributed by atoms with Crippen molar-refractivity contribution >= 4 is 0 Å². The fraction of sp³-hybridized carbons (Fsp3) is 0.562. The van der Waals surface area contributed by atoms with Crippen molar-refractivity contribution in [2.24, 2.45) is 5.41 Å². The van der Waals surface area contributed by atoms with Crippen LogP contribution in [0.2, 0.25) is 0 Å². The third kappa shape index (κ3) is 1.97. The van der Waals surface area contributed by atoms with Crippen LogP contribution >= 0.6 is 0 Å². The van der Waals surface area contributed by atoms with Crippen LogP contribution in [-0.4, -0.2) is 0 Å². The van der Waals surface area contributed by atoms with Crippen molar-refractivity contribution in [3.63, 3.8) is 0 Å². The van der Waals surface area contributed by atoms with E-state index in [1.807, 2.05) is 0 Å². The zero-order valence-electron chi connectivity index (χ0n) is 10.3. The molecule has 1 aromatic carbocycles. The summed E-state index contributed by atoms with van der Waals surface area (Å²) >= 11 is 0. The van der Waals surface area contributed by atoms with Gasteiger partial charge in [0.15, 0.2) is 0 Å². The Morgan fingerprint density at radius 2 is 1.82 bits per heavy atom. The van der Waals surface area contributed by atoms with Gasteiger partial charge in [-0.25, -0.2) is 0 Å². The van der Waals surface area contributed by atoms with Gasteiger partial charge in [-0.15, -0.1) is 0 Å². The molecule has 0 aliphatic heterocycles. The molecule has 1 aromatic rings. The number of hydrogen-bond acceptors (Lipinski definition) is 1. The van der Waals surface area contributed by atoms with E-state index in [0.717, 1.165) is 19.3 Å². The van der Waals surface area contributed by atoms with Crippen LogP contribution in [0.15, 0.2) is 18.2 Å². The molecule has 0 spiro atoms. The minimum Gasteiger partial charge on any atom is -0.198 e. The molecular formula is C16H19N. The summed E-state index contributed by atoms with van der Waals surface area (Å²) in [6.45, 7) is 0. The predicted molar refractivity (Wildman–Crippen MR) is 68.7 cm³/mol. The standard InChI is InChI=1S/C16H19N/c17-12-16(8-3-9-16)11-13-6-7-14-4-1-2-5-15(14)10-13/h6-7,10H,1-5,8-9,11H2. The highest BCUT2D eigenvalue weighted by molar-refractivity contribution is 5.35. The van der Waals surface area contributed by atoms with E-state index in [1.54, 1.807) is 11.1 Å². The average Bonchev–Trinajstić information content (AvgIpc) is 2.34. The molecule has 17 heavy (non-hydrogen) atoms. The lowest BCUT2D eigenvalue weighted by molar-refractivity contribution is 0.214. The molecule has 0 saturated heterocycles. The zero-order valence-corrected chi connectivity index (χ0v) is 10.3. The second-order valence-electron chi connectivity index (χ2n) is 5.73. The van der Waals surface area contributed by atoms with E-state index in [4.69, 9.17) is 0 Å². The van der Waals surface area contributed by atoms with Crippen LogP contribution in [0.1, 0.15) is 48.8 Å². The molecule has 0 heterocycles. The number of benzene rings is 1. The highest BCUT2D eigenvalue weighted by Gasteiger charge is 2.37. The lowest BCUT2D eigenvalue weighted by Crippen LogP contribution is -2.29. The molecule has 1 heteroatoms. The molecule has 0 atom stereocenters. The summed E-state index contributed by atoms with van der Waals surface area (Å²) in [5.74, 6) is 0. The number of fused-ring (bicyclic) bond motifs is 1. The lowest BCUT2D eigenvalue weighted by Gasteiger charge is -2.35. The maximum Gasteiger partial charge on any atom is 0.0693 e. The molecular weight excluding hydrogens is 206 g/mol. The first-order chi connectivity index (χ1) is 8.31. The van der Waals surface area contributed by atoms with Crippen LogP contribution in [0.4, 0.5) is 0 Å². The van der Waals surface area contributed by atoms with Gasteiger partial charge in [0, 0.05) is 0 Å². The van der Waals surface area contributed by atoms with Crippen molar-refractivity contribution in [2.75, 3.05) is 0 Å². The monoisotopic (exact) mass is 225 g/mol. The first-order valence-electron chi connectivity index (χ1n) is 6.83. The number of nitriles is 1. The normalized spacial score (nSPS) is 21.1. The first kappa shape index (κ1) is 10.8. The SMILES string of the molecule is N#CC1(Cc2ccc3c(c2)CCCC3)CCC1. The number of rotatable bonds is 2. The van der Waals surface area contributed by atoms with Gasteiger partial charge in [0.2, 0.25) is 0 Å². The molecule has 0 unspecified atom stereocenters. The van der Waals surface area contributed by atoms with Gasteiger partial charge in [-0.1, -0.05) is 24.6 Å². The van der Waals surface area contributed by atoms with Crippen molar-refractivity contribution in [3.8, 4) is 6.07 Å². The molecule has 2 aliphatic carbocycles. The van der Waals surface area contributed by atoms with Crippen LogP contribution in [0, 0.1) is 16.7 Å². The molecule has 0 radical (unpaired) electrons. The maximum absolute atomic E-state index is 9.29. The Balaban J connectivity index is 1.82. The van der Waals surface area contributed by atoms with Crippen LogP contribution in [-0.2, 0) is 19.3 Å². The van der Waals surface area contributed by atoms with Gasteiger partial charge >= 0.3 is 0 Å². The summed E-state index contributed by atoms with van der Waals surface area (Å²) in [4.78, 5) is 0.